The van der Waals surface area contributed by atoms with Crippen LogP contribution in [-0.2, 0) is 55.7 Å². The van der Waals surface area contributed by atoms with Crippen molar-refractivity contribution in [3.05, 3.63) is 64.0 Å². The Morgan fingerprint density at radius 1 is 0.800 bits per heavy atom. The number of carbonyl (C=O) groups is 4. The van der Waals surface area contributed by atoms with Gasteiger partial charge in [-0.1, -0.05) is 29.4 Å². The highest BCUT2D eigenvalue weighted by Crippen LogP contribution is 2.37. The van der Waals surface area contributed by atoms with Gasteiger partial charge in [0.1, 0.15) is 18.5 Å². The number of fused-ring (bicyclic) bond motifs is 1. The number of ether oxygens (including phenoxy) is 7. The minimum absolute atomic E-state index is 0.00862. The van der Waals surface area contributed by atoms with Crippen LogP contribution in [0, 0.1) is 21.7 Å². The van der Waals surface area contributed by atoms with Gasteiger partial charge in [-0.05, 0) is 137 Å². The van der Waals surface area contributed by atoms with Crippen LogP contribution in [0.4, 0.5) is 0 Å². The molecule has 2 aromatic carbocycles. The number of aromatic amines is 1. The number of rotatable bonds is 15. The van der Waals surface area contributed by atoms with Crippen LogP contribution in [0.2, 0.25) is 0 Å². The highest BCUT2D eigenvalue weighted by atomic mass is 16.7. The molecule has 0 radical (unpaired) electrons. The molecule has 2 heterocycles. The Morgan fingerprint density at radius 3 is 1.98 bits per heavy atom. The minimum atomic E-state index is -1.72. The minimum Gasteiger partial charge on any atom is -0.494 e. The van der Waals surface area contributed by atoms with Crippen molar-refractivity contribution in [3.63, 3.8) is 0 Å². The fourth-order valence-electron chi connectivity index (χ4n) is 5.63. The van der Waals surface area contributed by atoms with Crippen LogP contribution in [0.1, 0.15) is 106 Å². The molecule has 0 spiro atoms. The molecule has 1 aliphatic rings. The monoisotopic (exact) mass is 839 g/mol. The van der Waals surface area contributed by atoms with Crippen molar-refractivity contribution < 1.29 is 57.8 Å². The molecule has 1 fully saturated rings. The van der Waals surface area contributed by atoms with Crippen LogP contribution in [0.15, 0.2) is 47.6 Å². The van der Waals surface area contributed by atoms with Crippen LogP contribution >= 0.6 is 0 Å². The largest absolute Gasteiger partial charge is 0.494 e. The lowest BCUT2D eigenvalue weighted by Crippen LogP contribution is -2.65. The molecular formula is C44H61N5O11. The fraction of sp³-hybridized carbons (Fsp3) is 0.614. The van der Waals surface area contributed by atoms with Crippen molar-refractivity contribution in [2.45, 2.75) is 133 Å². The molecule has 0 saturated carbocycles. The second-order valence-corrected chi connectivity index (χ2v) is 17.6. The summed E-state index contributed by atoms with van der Waals surface area (Å²) in [4.78, 5) is 57.5. The molecule has 1 aliphatic heterocycles. The molecule has 1 aromatic heterocycles. The summed E-state index contributed by atoms with van der Waals surface area (Å²) in [7, 11) is 0. The van der Waals surface area contributed by atoms with Crippen molar-refractivity contribution in [3.8, 4) is 11.6 Å². The number of esters is 4. The van der Waals surface area contributed by atoms with Crippen LogP contribution in [0.3, 0.4) is 0 Å². The predicted octanol–water partition coefficient (Wildman–Crippen LogP) is 7.99. The quantitative estimate of drug-likeness (QED) is 0.0385. The Hall–Kier alpha value is -5.34. The van der Waals surface area contributed by atoms with Crippen LogP contribution in [0.5, 0.6) is 11.6 Å². The third-order valence-electron chi connectivity index (χ3n) is 9.12. The molecule has 0 amide bonds. The molecule has 16 nitrogen and oxygen atoms in total. The maximum Gasteiger partial charge on any atom is 0.311 e. The van der Waals surface area contributed by atoms with E-state index in [-0.39, 0.29) is 12.8 Å². The van der Waals surface area contributed by atoms with Gasteiger partial charge in [0.25, 0.3) is 0 Å². The lowest BCUT2D eigenvalue weighted by Gasteiger charge is -2.45. The smallest absolute Gasteiger partial charge is 0.311 e. The average Bonchev–Trinajstić information content (AvgIpc) is 3.69. The van der Waals surface area contributed by atoms with Gasteiger partial charge in [0.2, 0.25) is 18.3 Å². The number of aromatic nitrogens is 2. The van der Waals surface area contributed by atoms with Crippen LogP contribution in [-0.4, -0.2) is 84.5 Å². The van der Waals surface area contributed by atoms with Gasteiger partial charge >= 0.3 is 23.9 Å². The summed E-state index contributed by atoms with van der Waals surface area (Å²) in [5.41, 5.74) is 5.44. The van der Waals surface area contributed by atoms with Crippen molar-refractivity contribution in [1.29, 1.82) is 0 Å². The molecule has 0 aliphatic carbocycles. The first-order valence-electron chi connectivity index (χ1n) is 22.5. The highest BCUT2D eigenvalue weighted by molar-refractivity contribution is 5.87. The number of aryl methyl sites for hydroxylation is 2. The number of nitrogens with zero attached hydrogens (tertiary/aromatic N) is 4. The maximum absolute atomic E-state index is 13.9. The highest BCUT2D eigenvalue weighted by Gasteiger charge is 2.56. The van der Waals surface area contributed by atoms with Gasteiger partial charge in [0, 0.05) is 16.9 Å². The standard InChI is InChI=1S/C44H61N5O11/c1-41(2,3)37(50)55-25-30-32(57-38(51)42(4,5)6)33(58-39(52)43(7,8)9)34(59-40(53)44(10,11)12)36(56-30)60-35-31-27(15-13-16-29(31)47-48-35)20-17-26-18-21-28(22-19-26)54-24-14-23-46-49-45/h13,15-16,18-19,21-22,30,32-34,36H,14,17,20,23-25H2,1-12H3,(H,47,48)/t30-,32-,33+,34-,36?/m1/s1/i1D,4D,7D,10D. The van der Waals surface area contributed by atoms with E-state index in [1.807, 2.05) is 36.4 Å². The van der Waals surface area contributed by atoms with Crippen molar-refractivity contribution in [2.24, 2.45) is 26.8 Å². The molecule has 16 heteroatoms. The summed E-state index contributed by atoms with van der Waals surface area (Å²) in [5, 5.41) is 11.5. The Bertz CT molecular complexity index is 2130. The Labute approximate surface area is 357 Å². The van der Waals surface area contributed by atoms with E-state index < -0.39 is 104 Å². The molecule has 5 atom stereocenters. The Balaban J connectivity index is 1.80. The number of H-pyrrole nitrogens is 1. The second-order valence-electron chi connectivity index (χ2n) is 17.6. The van der Waals surface area contributed by atoms with Gasteiger partial charge in [0.15, 0.2) is 12.2 Å². The average molecular weight is 840 g/mol. The van der Waals surface area contributed by atoms with Crippen LogP contribution < -0.4 is 9.47 Å². The fourth-order valence-corrected chi connectivity index (χ4v) is 5.63. The van der Waals surface area contributed by atoms with E-state index in [0.717, 1.165) is 11.1 Å². The predicted molar refractivity (Wildman–Crippen MR) is 222 cm³/mol. The summed E-state index contributed by atoms with van der Waals surface area (Å²) < 4.78 is 74.6. The van der Waals surface area contributed by atoms with E-state index in [0.29, 0.717) is 49.1 Å². The molecule has 1 unspecified atom stereocenters. The van der Waals surface area contributed by atoms with E-state index in [1.54, 1.807) is 6.07 Å². The third kappa shape index (κ3) is 12.8. The zero-order chi connectivity index (χ0) is 47.5. The first kappa shape index (κ1) is 41.4. The van der Waals surface area contributed by atoms with Gasteiger partial charge < -0.3 is 33.2 Å². The molecular weight excluding hydrogens is 775 g/mol. The van der Waals surface area contributed by atoms with Gasteiger partial charge in [-0.15, -0.1) is 5.10 Å². The summed E-state index contributed by atoms with van der Waals surface area (Å²) >= 11 is 0. The number of nitrogens with one attached hydrogen (secondary N) is 1. The van der Waals surface area contributed by atoms with Gasteiger partial charge in [-0.25, -0.2) is 0 Å². The van der Waals surface area contributed by atoms with Gasteiger partial charge in [-0.3, -0.25) is 24.3 Å². The van der Waals surface area contributed by atoms with Gasteiger partial charge in [0.05, 0.1) is 39.2 Å². The summed E-state index contributed by atoms with van der Waals surface area (Å²) in [6.07, 6.45) is -6.53. The van der Waals surface area contributed by atoms with E-state index >= 15 is 0 Å². The Morgan fingerprint density at radius 2 is 1.38 bits per heavy atom. The number of hydrogen-bond acceptors (Lipinski definition) is 13. The molecule has 1 N–H and O–H groups in total. The molecule has 4 rings (SSSR count). The molecule has 3 aromatic rings. The first-order valence-corrected chi connectivity index (χ1v) is 19.6. The van der Waals surface area contributed by atoms with E-state index in [2.05, 4.69) is 20.2 Å². The topological polar surface area (TPSA) is 210 Å². The lowest BCUT2D eigenvalue weighted by molar-refractivity contribution is -0.294. The van der Waals surface area contributed by atoms with Crippen LogP contribution in [0.25, 0.3) is 21.3 Å². The van der Waals surface area contributed by atoms with Crippen molar-refractivity contribution in [2.75, 3.05) is 19.8 Å². The zero-order valence-electron chi connectivity index (χ0n) is 39.8. The third-order valence-corrected chi connectivity index (χ3v) is 9.12. The van der Waals surface area contributed by atoms with Crippen molar-refractivity contribution in [1.82, 2.24) is 10.2 Å². The van der Waals surface area contributed by atoms with E-state index in [9.17, 15) is 19.2 Å². The number of benzene rings is 2. The summed E-state index contributed by atoms with van der Waals surface area (Å²) in [6, 6.07) is 13.1. The van der Waals surface area contributed by atoms with E-state index in [1.165, 1.54) is 55.4 Å². The number of hydrogen-bond donors (Lipinski definition) is 1. The SMILES string of the molecule is [2H]CC(C)(C)C(=O)OC[C@H]1OC(Oc2n[nH]c3cccc(CCc4ccc(OCCCN=[N+]=[N-])cc4)c23)[C@H](OC(=O)C(C)(C)C[2H])[C@@H](OC(=O)C(C)(C)C[2H])[C@@H]1OC(=O)C(C)(C)C[2H]. The summed E-state index contributed by atoms with van der Waals surface area (Å²) in [5.74, 6) is -2.82. The normalized spacial score (nSPS) is 20.6. The Kier molecular flexibility index (Phi) is 13.4. The molecule has 328 valence electrons. The number of azide groups is 1. The molecule has 0 bridgehead atoms. The summed E-state index contributed by atoms with van der Waals surface area (Å²) in [6.45, 7) is 10.5. The first-order chi connectivity index (χ1) is 30.1. The molecule has 1 saturated heterocycles. The second kappa shape index (κ2) is 19.4. The zero-order valence-corrected chi connectivity index (χ0v) is 35.8. The number of carbonyl (C=O) groups excluding carboxylic acids is 4. The maximum atomic E-state index is 13.9. The molecule has 60 heavy (non-hydrogen) atoms. The van der Waals surface area contributed by atoms with E-state index in [4.69, 9.17) is 44.2 Å². The lowest BCUT2D eigenvalue weighted by atomic mass is 9.93. The van der Waals surface area contributed by atoms with Gasteiger partial charge in [-0.2, -0.15) is 0 Å². The van der Waals surface area contributed by atoms with Crippen molar-refractivity contribution >= 4 is 34.8 Å².